The SMILES string of the molecule is O=C(O)CCC(O)c1cc(Cl)cc2c1OCC2. The zero-order valence-electron chi connectivity index (χ0n) is 9.15. The highest BCUT2D eigenvalue weighted by atomic mass is 35.5. The molecule has 0 aromatic heterocycles. The number of aliphatic carboxylic acids is 1. The Morgan fingerprint density at radius 2 is 2.29 bits per heavy atom. The van der Waals surface area contributed by atoms with Crippen LogP contribution in [0.5, 0.6) is 5.75 Å². The molecule has 2 N–H and O–H groups in total. The number of halogens is 1. The lowest BCUT2D eigenvalue weighted by molar-refractivity contribution is -0.137. The summed E-state index contributed by atoms with van der Waals surface area (Å²) in [6.07, 6.45) is -0.000649. The summed E-state index contributed by atoms with van der Waals surface area (Å²) in [7, 11) is 0. The third-order valence-corrected chi connectivity index (χ3v) is 2.99. The van der Waals surface area contributed by atoms with Gasteiger partial charge in [-0.3, -0.25) is 4.79 Å². The van der Waals surface area contributed by atoms with Crippen molar-refractivity contribution in [3.63, 3.8) is 0 Å². The topological polar surface area (TPSA) is 66.8 Å². The molecule has 1 heterocycles. The molecule has 1 aromatic rings. The molecular weight excluding hydrogens is 244 g/mol. The third kappa shape index (κ3) is 2.70. The van der Waals surface area contributed by atoms with Gasteiger partial charge in [0.25, 0.3) is 0 Å². The lowest BCUT2D eigenvalue weighted by atomic mass is 10.0. The number of rotatable bonds is 4. The molecule has 0 saturated heterocycles. The Morgan fingerprint density at radius 1 is 1.53 bits per heavy atom. The van der Waals surface area contributed by atoms with Gasteiger partial charge in [0.1, 0.15) is 5.75 Å². The normalized spacial score (nSPS) is 15.2. The van der Waals surface area contributed by atoms with E-state index in [4.69, 9.17) is 21.4 Å². The van der Waals surface area contributed by atoms with Gasteiger partial charge in [0.15, 0.2) is 0 Å². The van der Waals surface area contributed by atoms with Crippen LogP contribution in [0, 0.1) is 0 Å². The molecule has 0 aliphatic carbocycles. The van der Waals surface area contributed by atoms with Crippen LogP contribution in [0.15, 0.2) is 12.1 Å². The molecule has 2 rings (SSSR count). The first-order valence-corrected chi connectivity index (χ1v) is 5.80. The number of carboxylic acid groups (broad SMARTS) is 1. The van der Waals surface area contributed by atoms with E-state index in [1.54, 1.807) is 6.07 Å². The monoisotopic (exact) mass is 256 g/mol. The molecule has 0 bridgehead atoms. The van der Waals surface area contributed by atoms with Gasteiger partial charge in [-0.15, -0.1) is 0 Å². The van der Waals surface area contributed by atoms with Gasteiger partial charge in [0, 0.05) is 23.4 Å². The summed E-state index contributed by atoms with van der Waals surface area (Å²) < 4.78 is 5.45. The van der Waals surface area contributed by atoms with E-state index in [-0.39, 0.29) is 12.8 Å². The Bertz CT molecular complexity index is 444. The molecule has 0 radical (unpaired) electrons. The molecule has 0 spiro atoms. The molecule has 0 saturated carbocycles. The van der Waals surface area contributed by atoms with Gasteiger partial charge in [-0.05, 0) is 24.1 Å². The fourth-order valence-corrected chi connectivity index (χ4v) is 2.21. The first-order chi connectivity index (χ1) is 8.08. The van der Waals surface area contributed by atoms with Gasteiger partial charge in [-0.25, -0.2) is 0 Å². The Balaban J connectivity index is 2.22. The van der Waals surface area contributed by atoms with Gasteiger partial charge in [0.05, 0.1) is 12.7 Å². The molecule has 1 aliphatic rings. The van der Waals surface area contributed by atoms with Crippen LogP contribution in [0.1, 0.15) is 30.1 Å². The van der Waals surface area contributed by atoms with E-state index in [0.717, 1.165) is 12.0 Å². The van der Waals surface area contributed by atoms with E-state index in [1.807, 2.05) is 6.07 Å². The van der Waals surface area contributed by atoms with Crippen molar-refractivity contribution in [2.75, 3.05) is 6.61 Å². The Hall–Kier alpha value is -1.26. The first kappa shape index (κ1) is 12.2. The number of hydrogen-bond donors (Lipinski definition) is 2. The molecule has 5 heteroatoms. The van der Waals surface area contributed by atoms with Crippen molar-refractivity contribution in [1.82, 2.24) is 0 Å². The minimum absolute atomic E-state index is 0.0809. The molecule has 0 fully saturated rings. The predicted octanol–water partition coefficient (Wildman–Crippen LogP) is 2.17. The first-order valence-electron chi connectivity index (χ1n) is 5.43. The van der Waals surface area contributed by atoms with Crippen LogP contribution in [-0.2, 0) is 11.2 Å². The molecule has 1 unspecified atom stereocenters. The maximum Gasteiger partial charge on any atom is 0.303 e. The molecule has 0 amide bonds. The second-order valence-electron chi connectivity index (χ2n) is 4.03. The summed E-state index contributed by atoms with van der Waals surface area (Å²) in [6, 6.07) is 3.45. The van der Waals surface area contributed by atoms with Crippen molar-refractivity contribution in [1.29, 1.82) is 0 Å². The number of fused-ring (bicyclic) bond motifs is 1. The van der Waals surface area contributed by atoms with E-state index in [9.17, 15) is 9.90 Å². The molecule has 4 nitrogen and oxygen atoms in total. The summed E-state index contributed by atoms with van der Waals surface area (Å²) in [5, 5.41) is 19.1. The van der Waals surface area contributed by atoms with Crippen molar-refractivity contribution >= 4 is 17.6 Å². The minimum atomic E-state index is -0.927. The zero-order chi connectivity index (χ0) is 12.4. The maximum absolute atomic E-state index is 10.5. The summed E-state index contributed by atoms with van der Waals surface area (Å²) in [4.78, 5) is 10.5. The molecule has 1 atom stereocenters. The van der Waals surface area contributed by atoms with E-state index in [0.29, 0.717) is 22.9 Å². The van der Waals surface area contributed by atoms with Gasteiger partial charge in [0.2, 0.25) is 0 Å². The van der Waals surface area contributed by atoms with Crippen LogP contribution < -0.4 is 4.74 Å². The third-order valence-electron chi connectivity index (χ3n) is 2.77. The van der Waals surface area contributed by atoms with E-state index < -0.39 is 12.1 Å². The van der Waals surface area contributed by atoms with Crippen molar-refractivity contribution in [2.45, 2.75) is 25.4 Å². The summed E-state index contributed by atoms with van der Waals surface area (Å²) in [6.45, 7) is 0.578. The summed E-state index contributed by atoms with van der Waals surface area (Å²) in [5.74, 6) is -0.268. The van der Waals surface area contributed by atoms with Gasteiger partial charge < -0.3 is 14.9 Å². The van der Waals surface area contributed by atoms with Crippen molar-refractivity contribution in [2.24, 2.45) is 0 Å². The number of hydrogen-bond acceptors (Lipinski definition) is 3. The lowest BCUT2D eigenvalue weighted by Gasteiger charge is -2.14. The number of aliphatic hydroxyl groups excluding tert-OH is 1. The van der Waals surface area contributed by atoms with Crippen LogP contribution in [0.3, 0.4) is 0 Å². The average Bonchev–Trinajstić information content (AvgIpc) is 2.72. The number of carboxylic acids is 1. The van der Waals surface area contributed by atoms with E-state index in [1.165, 1.54) is 0 Å². The molecule has 92 valence electrons. The highest BCUT2D eigenvalue weighted by Crippen LogP contribution is 2.37. The summed E-state index contributed by atoms with van der Waals surface area (Å²) in [5.41, 5.74) is 1.56. The van der Waals surface area contributed by atoms with Gasteiger partial charge in [-0.2, -0.15) is 0 Å². The van der Waals surface area contributed by atoms with Crippen molar-refractivity contribution in [3.05, 3.63) is 28.3 Å². The summed E-state index contributed by atoms with van der Waals surface area (Å²) >= 11 is 5.95. The van der Waals surface area contributed by atoms with Crippen LogP contribution >= 0.6 is 11.6 Å². The number of ether oxygens (including phenoxy) is 1. The highest BCUT2D eigenvalue weighted by molar-refractivity contribution is 6.30. The van der Waals surface area contributed by atoms with Crippen LogP contribution in [0.2, 0.25) is 5.02 Å². The minimum Gasteiger partial charge on any atom is -0.493 e. The van der Waals surface area contributed by atoms with Gasteiger partial charge in [-0.1, -0.05) is 11.6 Å². The van der Waals surface area contributed by atoms with E-state index >= 15 is 0 Å². The molecular formula is C12H13ClO4. The second-order valence-corrected chi connectivity index (χ2v) is 4.47. The quantitative estimate of drug-likeness (QED) is 0.866. The second kappa shape index (κ2) is 4.94. The van der Waals surface area contributed by atoms with Crippen LogP contribution in [-0.4, -0.2) is 22.8 Å². The largest absolute Gasteiger partial charge is 0.493 e. The molecule has 1 aromatic carbocycles. The van der Waals surface area contributed by atoms with Gasteiger partial charge >= 0.3 is 5.97 Å². The predicted molar refractivity (Wildman–Crippen MR) is 62.5 cm³/mol. The van der Waals surface area contributed by atoms with Crippen molar-refractivity contribution < 1.29 is 19.7 Å². The molecule has 17 heavy (non-hydrogen) atoms. The standard InChI is InChI=1S/C12H13ClO4/c13-8-5-7-3-4-17-12(7)9(6-8)10(14)1-2-11(15)16/h5-6,10,14H,1-4H2,(H,15,16). The fraction of sp³-hybridized carbons (Fsp3) is 0.417. The van der Waals surface area contributed by atoms with Crippen LogP contribution in [0.4, 0.5) is 0 Å². The Morgan fingerprint density at radius 3 is 3.00 bits per heavy atom. The highest BCUT2D eigenvalue weighted by Gasteiger charge is 2.22. The number of carbonyl (C=O) groups is 1. The maximum atomic E-state index is 10.5. The number of aliphatic hydroxyl groups is 1. The lowest BCUT2D eigenvalue weighted by Crippen LogP contribution is -2.04. The van der Waals surface area contributed by atoms with Crippen molar-refractivity contribution in [3.8, 4) is 5.75 Å². The Kier molecular flexibility index (Phi) is 3.54. The van der Waals surface area contributed by atoms with Crippen LogP contribution in [0.25, 0.3) is 0 Å². The smallest absolute Gasteiger partial charge is 0.303 e. The molecule has 1 aliphatic heterocycles. The Labute approximate surface area is 104 Å². The zero-order valence-corrected chi connectivity index (χ0v) is 9.91. The fourth-order valence-electron chi connectivity index (χ4n) is 1.96. The average molecular weight is 257 g/mol. The van der Waals surface area contributed by atoms with E-state index in [2.05, 4.69) is 0 Å². The number of benzene rings is 1.